The van der Waals surface area contributed by atoms with Crippen molar-refractivity contribution < 1.29 is 35.9 Å². The van der Waals surface area contributed by atoms with Crippen LogP contribution in [0.2, 0.25) is 0 Å². The molecule has 1 heterocycles. The van der Waals surface area contributed by atoms with Crippen molar-refractivity contribution in [2.45, 2.75) is 25.7 Å². The first kappa shape index (κ1) is 24.2. The summed E-state index contributed by atoms with van der Waals surface area (Å²) in [5.41, 5.74) is -0.283. The molecular formula is C24H14F6INO2. The zero-order valence-electron chi connectivity index (χ0n) is 17.3. The number of benzene rings is 3. The Kier molecular flexibility index (Phi) is 6.21. The van der Waals surface area contributed by atoms with E-state index in [4.69, 9.17) is 4.74 Å². The monoisotopic (exact) mass is 589 g/mol. The van der Waals surface area contributed by atoms with E-state index in [-0.39, 0.29) is 23.9 Å². The second-order valence-corrected chi connectivity index (χ2v) is 8.84. The lowest BCUT2D eigenvalue weighted by atomic mass is 9.98. The van der Waals surface area contributed by atoms with Crippen LogP contribution in [0.1, 0.15) is 43.7 Å². The van der Waals surface area contributed by atoms with Gasteiger partial charge in [-0.1, -0.05) is 18.2 Å². The highest BCUT2D eigenvalue weighted by molar-refractivity contribution is 14.1. The maximum absolute atomic E-state index is 13.1. The minimum absolute atomic E-state index is 0.107. The molecule has 0 aliphatic carbocycles. The highest BCUT2D eigenvalue weighted by Crippen LogP contribution is 2.37. The van der Waals surface area contributed by atoms with Crippen molar-refractivity contribution in [3.63, 3.8) is 0 Å². The van der Waals surface area contributed by atoms with Crippen LogP contribution in [0.25, 0.3) is 0 Å². The van der Waals surface area contributed by atoms with Gasteiger partial charge >= 0.3 is 18.3 Å². The van der Waals surface area contributed by atoms with Crippen LogP contribution in [0.5, 0.6) is 0 Å². The lowest BCUT2D eigenvalue weighted by Crippen LogP contribution is -2.12. The van der Waals surface area contributed by atoms with Crippen LogP contribution in [0.15, 0.2) is 59.6 Å². The summed E-state index contributed by atoms with van der Waals surface area (Å²) in [6, 6.07) is 11.5. The highest BCUT2D eigenvalue weighted by atomic mass is 127. The van der Waals surface area contributed by atoms with Gasteiger partial charge in [-0.3, -0.25) is 0 Å². The van der Waals surface area contributed by atoms with Crippen molar-refractivity contribution in [3.8, 4) is 0 Å². The summed E-state index contributed by atoms with van der Waals surface area (Å²) in [6.07, 6.45) is -9.95. The van der Waals surface area contributed by atoms with Crippen LogP contribution in [-0.4, -0.2) is 11.9 Å². The molecule has 0 spiro atoms. The number of ether oxygens (including phenoxy) is 1. The van der Waals surface area contributed by atoms with Gasteiger partial charge in [0.1, 0.15) is 0 Å². The van der Waals surface area contributed by atoms with Gasteiger partial charge in [0.25, 0.3) is 0 Å². The fourth-order valence-electron chi connectivity index (χ4n) is 3.61. The molecule has 3 nitrogen and oxygen atoms in total. The average molecular weight is 589 g/mol. The SMILES string of the molecule is Cc1cc(Cc2cc(C(F)(F)F)cc(C(F)(F)F)c2)ccc1N=C1OC(=O)c2c(I)cccc21. The van der Waals surface area contributed by atoms with E-state index in [0.29, 0.717) is 27.9 Å². The first-order chi connectivity index (χ1) is 15.8. The Balaban J connectivity index is 1.65. The zero-order chi connectivity index (χ0) is 24.8. The Morgan fingerprint density at radius 2 is 1.53 bits per heavy atom. The van der Waals surface area contributed by atoms with E-state index in [1.807, 2.05) is 22.6 Å². The third kappa shape index (κ3) is 4.96. The number of carbonyl (C=O) groups is 1. The van der Waals surface area contributed by atoms with Gasteiger partial charge in [-0.15, -0.1) is 0 Å². The van der Waals surface area contributed by atoms with E-state index < -0.39 is 29.4 Å². The van der Waals surface area contributed by atoms with Crippen molar-refractivity contribution in [2.75, 3.05) is 0 Å². The molecule has 0 aromatic heterocycles. The summed E-state index contributed by atoms with van der Waals surface area (Å²) in [5.74, 6) is -0.389. The van der Waals surface area contributed by atoms with Crippen LogP contribution >= 0.6 is 22.6 Å². The van der Waals surface area contributed by atoms with Crippen LogP contribution < -0.4 is 0 Å². The van der Waals surface area contributed by atoms with Gasteiger partial charge in [-0.25, -0.2) is 9.79 Å². The molecule has 1 aliphatic rings. The van der Waals surface area contributed by atoms with Crippen molar-refractivity contribution in [1.29, 1.82) is 0 Å². The predicted octanol–water partition coefficient (Wildman–Crippen LogP) is 7.48. The van der Waals surface area contributed by atoms with Crippen molar-refractivity contribution >= 4 is 40.1 Å². The maximum Gasteiger partial charge on any atom is 0.416 e. The van der Waals surface area contributed by atoms with Gasteiger partial charge in [-0.2, -0.15) is 26.3 Å². The quantitative estimate of drug-likeness (QED) is 0.181. The first-order valence-corrected chi connectivity index (χ1v) is 10.9. The normalized spacial score (nSPS) is 14.9. The Bertz CT molecular complexity index is 1300. The number of halogens is 7. The van der Waals surface area contributed by atoms with E-state index >= 15 is 0 Å². The molecule has 1 aliphatic heterocycles. The molecular weight excluding hydrogens is 575 g/mol. The highest BCUT2D eigenvalue weighted by Gasteiger charge is 2.37. The molecule has 0 saturated heterocycles. The molecule has 0 radical (unpaired) electrons. The van der Waals surface area contributed by atoms with E-state index in [1.165, 1.54) is 0 Å². The molecule has 0 N–H and O–H groups in total. The van der Waals surface area contributed by atoms with E-state index in [2.05, 4.69) is 4.99 Å². The number of rotatable bonds is 3. The third-order valence-electron chi connectivity index (χ3n) is 5.18. The lowest BCUT2D eigenvalue weighted by Gasteiger charge is -2.14. The molecule has 10 heteroatoms. The van der Waals surface area contributed by atoms with Gasteiger partial charge < -0.3 is 4.74 Å². The van der Waals surface area contributed by atoms with Gasteiger partial charge in [0.2, 0.25) is 5.90 Å². The number of aliphatic imine (C=N–C) groups is 1. The van der Waals surface area contributed by atoms with Crippen molar-refractivity contribution in [3.05, 3.63) is 97.1 Å². The van der Waals surface area contributed by atoms with Crippen molar-refractivity contribution in [2.24, 2.45) is 4.99 Å². The summed E-state index contributed by atoms with van der Waals surface area (Å²) in [6.45, 7) is 1.70. The number of hydrogen-bond acceptors (Lipinski definition) is 3. The summed E-state index contributed by atoms with van der Waals surface area (Å²) >= 11 is 2.02. The number of fused-ring (bicyclic) bond motifs is 1. The van der Waals surface area contributed by atoms with Crippen LogP contribution in [0.3, 0.4) is 0 Å². The smallest absolute Gasteiger partial charge is 0.403 e. The minimum Gasteiger partial charge on any atom is -0.403 e. The summed E-state index contributed by atoms with van der Waals surface area (Å²) in [5, 5.41) is 0. The Morgan fingerprint density at radius 1 is 0.882 bits per heavy atom. The molecule has 0 amide bonds. The molecule has 0 unspecified atom stereocenters. The molecule has 176 valence electrons. The maximum atomic E-state index is 13.1. The number of nitrogens with zero attached hydrogens (tertiary/aromatic N) is 1. The second kappa shape index (κ2) is 8.71. The fourth-order valence-corrected chi connectivity index (χ4v) is 4.32. The largest absolute Gasteiger partial charge is 0.416 e. The van der Waals surface area contributed by atoms with Crippen LogP contribution in [0, 0.1) is 10.5 Å². The number of esters is 1. The number of alkyl halides is 6. The Morgan fingerprint density at radius 3 is 2.12 bits per heavy atom. The van der Waals surface area contributed by atoms with Crippen molar-refractivity contribution in [1.82, 2.24) is 0 Å². The first-order valence-electron chi connectivity index (χ1n) is 9.80. The van der Waals surface area contributed by atoms with E-state index in [9.17, 15) is 31.1 Å². The van der Waals surface area contributed by atoms with Crippen LogP contribution in [0.4, 0.5) is 32.0 Å². The molecule has 0 atom stereocenters. The lowest BCUT2D eigenvalue weighted by molar-refractivity contribution is -0.143. The topological polar surface area (TPSA) is 38.7 Å². The third-order valence-corrected chi connectivity index (χ3v) is 6.08. The number of carbonyl (C=O) groups excluding carboxylic acids is 1. The van der Waals surface area contributed by atoms with Gasteiger partial charge in [0.15, 0.2) is 0 Å². The summed E-state index contributed by atoms with van der Waals surface area (Å²) in [4.78, 5) is 16.6. The fraction of sp³-hybridized carbons (Fsp3) is 0.167. The Hall–Kier alpha value is -2.89. The zero-order valence-corrected chi connectivity index (χ0v) is 19.5. The molecule has 0 bridgehead atoms. The van der Waals surface area contributed by atoms with Gasteiger partial charge in [0.05, 0.1) is 27.9 Å². The summed E-state index contributed by atoms with van der Waals surface area (Å²) < 4.78 is 84.8. The molecule has 0 fully saturated rings. The average Bonchev–Trinajstić information content (AvgIpc) is 3.05. The molecule has 3 aromatic rings. The number of cyclic esters (lactones) is 1. The molecule has 34 heavy (non-hydrogen) atoms. The standard InChI is InChI=1S/C24H14F6INO2/c1-12-7-13(8-14-9-15(23(25,26)27)11-16(10-14)24(28,29)30)5-6-19(12)32-21-17-3-2-4-18(31)20(17)22(33)34-21/h2-7,9-11H,8H2,1H3. The van der Waals surface area contributed by atoms with Crippen LogP contribution in [-0.2, 0) is 23.5 Å². The van der Waals surface area contributed by atoms with Gasteiger partial charge in [0, 0.05) is 3.57 Å². The number of hydrogen-bond donors (Lipinski definition) is 0. The van der Waals surface area contributed by atoms with E-state index in [1.54, 1.807) is 43.3 Å². The molecule has 3 aromatic carbocycles. The molecule has 4 rings (SSSR count). The van der Waals surface area contributed by atoms with E-state index in [0.717, 1.165) is 15.7 Å². The van der Waals surface area contributed by atoms with Gasteiger partial charge in [-0.05, 0) is 89.0 Å². The number of aryl methyl sites for hydroxylation is 1. The summed E-state index contributed by atoms with van der Waals surface area (Å²) in [7, 11) is 0. The predicted molar refractivity (Wildman–Crippen MR) is 121 cm³/mol. The Labute approximate surface area is 203 Å². The minimum atomic E-state index is -4.90. The second-order valence-electron chi connectivity index (χ2n) is 7.68. The molecule has 0 saturated carbocycles.